The van der Waals surface area contributed by atoms with Crippen LogP contribution in [0.25, 0.3) is 0 Å². The molecule has 2 amide bonds. The zero-order valence-corrected chi connectivity index (χ0v) is 20.7. The smallest absolute Gasteiger partial charge is 0.242 e. The number of likely N-dealkylation sites (N-methyl/N-ethyl adjacent to an activating group) is 1. The normalized spacial score (nSPS) is 11.6. The quantitative estimate of drug-likeness (QED) is 0.393. The molecule has 33 heavy (non-hydrogen) atoms. The van der Waals surface area contributed by atoms with Crippen molar-refractivity contribution in [2.45, 2.75) is 24.8 Å². The number of carbonyl (C=O) groups is 2. The van der Waals surface area contributed by atoms with Crippen molar-refractivity contribution in [3.8, 4) is 0 Å². The van der Waals surface area contributed by atoms with Gasteiger partial charge in [0.2, 0.25) is 11.8 Å². The van der Waals surface area contributed by atoms with Crippen molar-refractivity contribution in [3.05, 3.63) is 106 Å². The van der Waals surface area contributed by atoms with E-state index in [2.05, 4.69) is 5.32 Å². The van der Waals surface area contributed by atoms with Gasteiger partial charge >= 0.3 is 0 Å². The van der Waals surface area contributed by atoms with E-state index in [1.54, 1.807) is 30.1 Å². The SMILES string of the molecule is CNC(=O)[C@@H](Cc1ccccc1)N(Cc1c(Cl)cccc1Cl)C(=O)CSCc1ccccc1. The van der Waals surface area contributed by atoms with Crippen LogP contribution in [0.15, 0.2) is 78.9 Å². The maximum atomic E-state index is 13.5. The van der Waals surface area contributed by atoms with Crippen LogP contribution in [0.4, 0.5) is 0 Å². The molecule has 3 rings (SSSR count). The van der Waals surface area contributed by atoms with Crippen molar-refractivity contribution in [3.63, 3.8) is 0 Å². The van der Waals surface area contributed by atoms with E-state index in [1.165, 1.54) is 11.8 Å². The van der Waals surface area contributed by atoms with Crippen LogP contribution in [0.3, 0.4) is 0 Å². The van der Waals surface area contributed by atoms with Gasteiger partial charge in [0.05, 0.1) is 5.75 Å². The standard InChI is InChI=1S/C26H26Cl2N2O2S/c1-29-26(32)24(15-19-9-4-2-5-10-19)30(16-21-22(27)13-8-14-23(21)28)25(31)18-33-17-20-11-6-3-7-12-20/h2-14,24H,15-18H2,1H3,(H,29,32)/t24-/m1/s1. The van der Waals surface area contributed by atoms with Crippen molar-refractivity contribution < 1.29 is 9.59 Å². The maximum Gasteiger partial charge on any atom is 0.242 e. The highest BCUT2D eigenvalue weighted by molar-refractivity contribution is 7.99. The van der Waals surface area contributed by atoms with Gasteiger partial charge in [-0.3, -0.25) is 9.59 Å². The predicted molar refractivity (Wildman–Crippen MR) is 138 cm³/mol. The van der Waals surface area contributed by atoms with E-state index in [0.29, 0.717) is 27.8 Å². The molecule has 3 aromatic rings. The Morgan fingerprint density at radius 1 is 0.879 bits per heavy atom. The molecule has 0 saturated heterocycles. The molecule has 0 aliphatic rings. The topological polar surface area (TPSA) is 49.4 Å². The zero-order chi connectivity index (χ0) is 23.6. The summed E-state index contributed by atoms with van der Waals surface area (Å²) in [7, 11) is 1.58. The Balaban J connectivity index is 1.86. The minimum atomic E-state index is -0.699. The van der Waals surface area contributed by atoms with Gasteiger partial charge in [-0.25, -0.2) is 0 Å². The van der Waals surface area contributed by atoms with E-state index in [4.69, 9.17) is 23.2 Å². The monoisotopic (exact) mass is 500 g/mol. The first-order chi connectivity index (χ1) is 16.0. The van der Waals surface area contributed by atoms with Gasteiger partial charge in [-0.1, -0.05) is 89.9 Å². The highest BCUT2D eigenvalue weighted by atomic mass is 35.5. The summed E-state index contributed by atoms with van der Waals surface area (Å²) in [5.74, 6) is 0.565. The van der Waals surface area contributed by atoms with Gasteiger partial charge in [-0.05, 0) is 23.3 Å². The summed E-state index contributed by atoms with van der Waals surface area (Å²) < 4.78 is 0. The van der Waals surface area contributed by atoms with Crippen LogP contribution in [0.5, 0.6) is 0 Å². The molecule has 4 nitrogen and oxygen atoms in total. The fourth-order valence-electron chi connectivity index (χ4n) is 3.49. The number of rotatable bonds is 10. The van der Waals surface area contributed by atoms with Crippen molar-refractivity contribution in [2.75, 3.05) is 12.8 Å². The maximum absolute atomic E-state index is 13.5. The van der Waals surface area contributed by atoms with Gasteiger partial charge in [0.25, 0.3) is 0 Å². The molecule has 1 N–H and O–H groups in total. The lowest BCUT2D eigenvalue weighted by Crippen LogP contribution is -2.50. The largest absolute Gasteiger partial charge is 0.357 e. The Labute approximate surface area is 209 Å². The van der Waals surface area contributed by atoms with Crippen LogP contribution in [-0.4, -0.2) is 35.6 Å². The second kappa shape index (κ2) is 12.7. The average molecular weight is 501 g/mol. The van der Waals surface area contributed by atoms with E-state index in [-0.39, 0.29) is 24.1 Å². The van der Waals surface area contributed by atoms with Crippen molar-refractivity contribution in [2.24, 2.45) is 0 Å². The third kappa shape index (κ3) is 7.26. The number of hydrogen-bond donors (Lipinski definition) is 1. The van der Waals surface area contributed by atoms with Gasteiger partial charge in [0.1, 0.15) is 6.04 Å². The van der Waals surface area contributed by atoms with Crippen molar-refractivity contribution >= 4 is 46.8 Å². The van der Waals surface area contributed by atoms with E-state index in [0.717, 1.165) is 11.1 Å². The molecule has 7 heteroatoms. The number of nitrogens with zero attached hydrogens (tertiary/aromatic N) is 1. The molecule has 0 bridgehead atoms. The fourth-order valence-corrected chi connectivity index (χ4v) is 4.88. The van der Waals surface area contributed by atoms with E-state index < -0.39 is 6.04 Å². The van der Waals surface area contributed by atoms with Crippen molar-refractivity contribution in [1.82, 2.24) is 10.2 Å². The molecule has 1 atom stereocenters. The molecular weight excluding hydrogens is 475 g/mol. The molecule has 0 aliphatic carbocycles. The highest BCUT2D eigenvalue weighted by Gasteiger charge is 2.30. The first-order valence-electron chi connectivity index (χ1n) is 10.6. The molecule has 0 unspecified atom stereocenters. The van der Waals surface area contributed by atoms with E-state index >= 15 is 0 Å². The number of benzene rings is 3. The Bertz CT molecular complexity index is 1040. The summed E-state index contributed by atoms with van der Waals surface area (Å²) >= 11 is 14.3. The van der Waals surface area contributed by atoms with Crippen LogP contribution in [-0.2, 0) is 28.3 Å². The first-order valence-corrected chi connectivity index (χ1v) is 12.5. The average Bonchev–Trinajstić information content (AvgIpc) is 2.83. The Morgan fingerprint density at radius 2 is 1.45 bits per heavy atom. The Morgan fingerprint density at radius 3 is 2.03 bits per heavy atom. The summed E-state index contributed by atoms with van der Waals surface area (Å²) in [6, 6.07) is 24.2. The molecule has 172 valence electrons. The van der Waals surface area contributed by atoms with Crippen molar-refractivity contribution in [1.29, 1.82) is 0 Å². The molecular formula is C26H26Cl2N2O2S. The number of nitrogens with one attached hydrogen (secondary N) is 1. The third-order valence-corrected chi connectivity index (χ3v) is 6.94. The summed E-state index contributed by atoms with van der Waals surface area (Å²) in [5.41, 5.74) is 2.73. The van der Waals surface area contributed by atoms with Crippen LogP contribution in [0.1, 0.15) is 16.7 Å². The summed E-state index contributed by atoms with van der Waals surface area (Å²) in [6.07, 6.45) is 0.387. The lowest BCUT2D eigenvalue weighted by atomic mass is 10.0. The third-order valence-electron chi connectivity index (χ3n) is 5.24. The van der Waals surface area contributed by atoms with Gasteiger partial charge in [-0.15, -0.1) is 11.8 Å². The van der Waals surface area contributed by atoms with Crippen LogP contribution in [0, 0.1) is 0 Å². The minimum Gasteiger partial charge on any atom is -0.357 e. The minimum absolute atomic E-state index is 0.142. The van der Waals surface area contributed by atoms with Crippen LogP contribution < -0.4 is 5.32 Å². The first kappa shape index (κ1) is 25.2. The molecule has 0 spiro atoms. The Hall–Kier alpha value is -2.47. The molecule has 0 fully saturated rings. The number of thioether (sulfide) groups is 1. The summed E-state index contributed by atoms with van der Waals surface area (Å²) in [6.45, 7) is 0.147. The molecule has 0 heterocycles. The number of carbonyl (C=O) groups excluding carboxylic acids is 2. The van der Waals surface area contributed by atoms with E-state index in [1.807, 2.05) is 60.7 Å². The molecule has 0 saturated carbocycles. The second-order valence-corrected chi connectivity index (χ2v) is 9.32. The van der Waals surface area contributed by atoms with Gasteiger partial charge in [0.15, 0.2) is 0 Å². The molecule has 0 radical (unpaired) electrons. The van der Waals surface area contributed by atoms with Crippen LogP contribution in [0.2, 0.25) is 10.0 Å². The Kier molecular flexibility index (Phi) is 9.67. The molecule has 0 aromatic heterocycles. The number of amides is 2. The van der Waals surface area contributed by atoms with E-state index in [9.17, 15) is 9.59 Å². The van der Waals surface area contributed by atoms with Gasteiger partial charge in [0, 0.05) is 41.4 Å². The lowest BCUT2D eigenvalue weighted by Gasteiger charge is -2.31. The van der Waals surface area contributed by atoms with Gasteiger partial charge in [-0.2, -0.15) is 0 Å². The summed E-state index contributed by atoms with van der Waals surface area (Å²) in [5, 5.41) is 3.64. The summed E-state index contributed by atoms with van der Waals surface area (Å²) in [4.78, 5) is 28.0. The zero-order valence-electron chi connectivity index (χ0n) is 18.3. The molecule has 0 aliphatic heterocycles. The number of hydrogen-bond acceptors (Lipinski definition) is 3. The predicted octanol–water partition coefficient (Wildman–Crippen LogP) is 5.61. The lowest BCUT2D eigenvalue weighted by molar-refractivity contribution is -0.139. The number of halogens is 2. The van der Waals surface area contributed by atoms with Gasteiger partial charge < -0.3 is 10.2 Å². The fraction of sp³-hybridized carbons (Fsp3) is 0.231. The van der Waals surface area contributed by atoms with Crippen LogP contribution >= 0.6 is 35.0 Å². The highest BCUT2D eigenvalue weighted by Crippen LogP contribution is 2.27. The molecule has 3 aromatic carbocycles. The second-order valence-electron chi connectivity index (χ2n) is 7.52.